The van der Waals surface area contributed by atoms with Gasteiger partial charge >= 0.3 is 5.97 Å². The third-order valence-corrected chi connectivity index (χ3v) is 3.14. The van der Waals surface area contributed by atoms with E-state index in [1.165, 1.54) is 0 Å². The van der Waals surface area contributed by atoms with Crippen LogP contribution in [0.15, 0.2) is 22.7 Å². The first-order valence-corrected chi connectivity index (χ1v) is 6.47. The number of carbonyl (C=O) groups excluding carboxylic acids is 1. The van der Waals surface area contributed by atoms with Gasteiger partial charge in [-0.2, -0.15) is 0 Å². The molecule has 0 radical (unpaired) electrons. The molecule has 0 bridgehead atoms. The standard InChI is InChI=1S/C13H17BrO3/c1-3-4-7-16-13(15)9-17-11-5-6-12(14)10(2)8-11/h5-6,8H,3-4,7,9H2,1-2H3. The molecule has 0 aliphatic heterocycles. The molecule has 0 aliphatic carbocycles. The van der Waals surface area contributed by atoms with Crippen LogP contribution in [0, 0.1) is 6.92 Å². The minimum absolute atomic E-state index is 0.0369. The van der Waals surface area contributed by atoms with Crippen molar-refractivity contribution in [2.75, 3.05) is 13.2 Å². The van der Waals surface area contributed by atoms with Crippen LogP contribution in [-0.4, -0.2) is 19.2 Å². The van der Waals surface area contributed by atoms with Crippen LogP contribution in [0.4, 0.5) is 0 Å². The van der Waals surface area contributed by atoms with Gasteiger partial charge in [0.1, 0.15) is 5.75 Å². The predicted molar refractivity (Wildman–Crippen MR) is 70.2 cm³/mol. The van der Waals surface area contributed by atoms with E-state index in [0.29, 0.717) is 12.4 Å². The van der Waals surface area contributed by atoms with E-state index in [2.05, 4.69) is 22.9 Å². The molecule has 0 N–H and O–H groups in total. The van der Waals surface area contributed by atoms with E-state index in [4.69, 9.17) is 9.47 Å². The van der Waals surface area contributed by atoms with E-state index < -0.39 is 0 Å². The van der Waals surface area contributed by atoms with Crippen molar-refractivity contribution in [1.29, 1.82) is 0 Å². The Labute approximate surface area is 110 Å². The van der Waals surface area contributed by atoms with Gasteiger partial charge in [-0.05, 0) is 37.1 Å². The van der Waals surface area contributed by atoms with Crippen molar-refractivity contribution in [3.63, 3.8) is 0 Å². The lowest BCUT2D eigenvalue weighted by atomic mass is 10.2. The number of rotatable bonds is 6. The summed E-state index contributed by atoms with van der Waals surface area (Å²) in [5.41, 5.74) is 1.07. The quantitative estimate of drug-likeness (QED) is 0.596. The monoisotopic (exact) mass is 300 g/mol. The first-order valence-electron chi connectivity index (χ1n) is 5.68. The zero-order valence-corrected chi connectivity index (χ0v) is 11.7. The molecule has 1 rings (SSSR count). The Balaban J connectivity index is 2.34. The van der Waals surface area contributed by atoms with Gasteiger partial charge in [0.05, 0.1) is 6.61 Å². The predicted octanol–water partition coefficient (Wildman–Crippen LogP) is 3.48. The topological polar surface area (TPSA) is 35.5 Å². The Morgan fingerprint density at radius 3 is 2.82 bits per heavy atom. The van der Waals surface area contributed by atoms with Gasteiger partial charge in [0.15, 0.2) is 6.61 Å². The van der Waals surface area contributed by atoms with Crippen LogP contribution in [0.3, 0.4) is 0 Å². The fourth-order valence-corrected chi connectivity index (χ4v) is 1.47. The van der Waals surface area contributed by atoms with Crippen LogP contribution >= 0.6 is 15.9 Å². The van der Waals surface area contributed by atoms with Crippen LogP contribution in [0.1, 0.15) is 25.3 Å². The van der Waals surface area contributed by atoms with E-state index >= 15 is 0 Å². The summed E-state index contributed by atoms with van der Waals surface area (Å²) in [4.78, 5) is 11.3. The number of unbranched alkanes of at least 4 members (excludes halogenated alkanes) is 1. The summed E-state index contributed by atoms with van der Waals surface area (Å²) < 4.78 is 11.3. The number of carbonyl (C=O) groups is 1. The van der Waals surface area contributed by atoms with Gasteiger partial charge in [-0.25, -0.2) is 4.79 Å². The molecule has 1 aromatic carbocycles. The average molecular weight is 301 g/mol. The Morgan fingerprint density at radius 2 is 2.18 bits per heavy atom. The van der Waals surface area contributed by atoms with Gasteiger partial charge in [-0.15, -0.1) is 0 Å². The summed E-state index contributed by atoms with van der Waals surface area (Å²) in [5, 5.41) is 0. The maximum absolute atomic E-state index is 11.3. The number of hydrogen-bond acceptors (Lipinski definition) is 3. The molecule has 0 heterocycles. The molecule has 0 saturated heterocycles. The molecule has 3 nitrogen and oxygen atoms in total. The SMILES string of the molecule is CCCCOC(=O)COc1ccc(Br)c(C)c1. The Bertz CT molecular complexity index is 377. The number of halogens is 1. The lowest BCUT2D eigenvalue weighted by molar-refractivity contribution is -0.146. The molecule has 17 heavy (non-hydrogen) atoms. The second-order valence-electron chi connectivity index (χ2n) is 3.77. The zero-order chi connectivity index (χ0) is 12.7. The highest BCUT2D eigenvalue weighted by atomic mass is 79.9. The molecule has 94 valence electrons. The highest BCUT2D eigenvalue weighted by molar-refractivity contribution is 9.10. The first kappa shape index (κ1) is 14.0. The highest BCUT2D eigenvalue weighted by Crippen LogP contribution is 2.21. The van der Waals surface area contributed by atoms with Gasteiger partial charge < -0.3 is 9.47 Å². The number of ether oxygens (including phenoxy) is 2. The summed E-state index contributed by atoms with van der Waals surface area (Å²) in [6.07, 6.45) is 1.91. The van der Waals surface area contributed by atoms with Crippen LogP contribution in [0.25, 0.3) is 0 Å². The van der Waals surface area contributed by atoms with E-state index in [0.717, 1.165) is 22.9 Å². The average Bonchev–Trinajstić information content (AvgIpc) is 2.31. The van der Waals surface area contributed by atoms with Gasteiger partial charge in [-0.1, -0.05) is 29.3 Å². The lowest BCUT2D eigenvalue weighted by Crippen LogP contribution is -2.15. The van der Waals surface area contributed by atoms with E-state index in [1.807, 2.05) is 25.1 Å². The third-order valence-electron chi connectivity index (χ3n) is 2.25. The number of benzene rings is 1. The minimum atomic E-state index is -0.320. The molecular formula is C13H17BrO3. The summed E-state index contributed by atoms with van der Waals surface area (Å²) >= 11 is 3.40. The molecule has 1 aromatic rings. The number of esters is 1. The van der Waals surface area contributed by atoms with Crippen molar-refractivity contribution >= 4 is 21.9 Å². The van der Waals surface area contributed by atoms with Crippen molar-refractivity contribution in [3.8, 4) is 5.75 Å². The maximum atomic E-state index is 11.3. The molecule has 0 amide bonds. The van der Waals surface area contributed by atoms with Crippen LogP contribution in [0.5, 0.6) is 5.75 Å². The number of aryl methyl sites for hydroxylation is 1. The van der Waals surface area contributed by atoms with Crippen molar-refractivity contribution in [3.05, 3.63) is 28.2 Å². The molecule has 0 saturated carbocycles. The van der Waals surface area contributed by atoms with Gasteiger partial charge in [0.25, 0.3) is 0 Å². The van der Waals surface area contributed by atoms with Gasteiger partial charge in [0.2, 0.25) is 0 Å². The second kappa shape index (κ2) is 7.33. The summed E-state index contributed by atoms with van der Waals surface area (Å²) in [7, 11) is 0. The third kappa shape index (κ3) is 5.22. The van der Waals surface area contributed by atoms with Crippen molar-refractivity contribution in [1.82, 2.24) is 0 Å². The summed E-state index contributed by atoms with van der Waals surface area (Å²) in [5.74, 6) is 0.358. The molecule has 0 fully saturated rings. The Hall–Kier alpha value is -1.03. The largest absolute Gasteiger partial charge is 0.482 e. The fourth-order valence-electron chi connectivity index (χ4n) is 1.22. The van der Waals surface area contributed by atoms with Crippen LogP contribution < -0.4 is 4.74 Å². The highest BCUT2D eigenvalue weighted by Gasteiger charge is 2.04. The van der Waals surface area contributed by atoms with Gasteiger partial charge in [-0.3, -0.25) is 0 Å². The Morgan fingerprint density at radius 1 is 1.41 bits per heavy atom. The Kier molecular flexibility index (Phi) is 6.05. The summed E-state index contributed by atoms with van der Waals surface area (Å²) in [6, 6.07) is 5.59. The van der Waals surface area contributed by atoms with Crippen molar-refractivity contribution < 1.29 is 14.3 Å². The first-order chi connectivity index (χ1) is 8.13. The van der Waals surface area contributed by atoms with Crippen molar-refractivity contribution in [2.45, 2.75) is 26.7 Å². The smallest absolute Gasteiger partial charge is 0.344 e. The normalized spacial score (nSPS) is 10.1. The fraction of sp³-hybridized carbons (Fsp3) is 0.462. The van der Waals surface area contributed by atoms with Crippen LogP contribution in [0.2, 0.25) is 0 Å². The summed E-state index contributed by atoms with van der Waals surface area (Å²) in [6.45, 7) is 4.45. The molecule has 4 heteroatoms. The van der Waals surface area contributed by atoms with Crippen molar-refractivity contribution in [2.24, 2.45) is 0 Å². The van der Waals surface area contributed by atoms with E-state index in [1.54, 1.807) is 0 Å². The molecular weight excluding hydrogens is 284 g/mol. The minimum Gasteiger partial charge on any atom is -0.482 e. The maximum Gasteiger partial charge on any atom is 0.344 e. The zero-order valence-electron chi connectivity index (χ0n) is 10.2. The van der Waals surface area contributed by atoms with Crippen LogP contribution in [-0.2, 0) is 9.53 Å². The molecule has 0 spiro atoms. The lowest BCUT2D eigenvalue weighted by Gasteiger charge is -2.07. The van der Waals surface area contributed by atoms with E-state index in [-0.39, 0.29) is 12.6 Å². The van der Waals surface area contributed by atoms with E-state index in [9.17, 15) is 4.79 Å². The second-order valence-corrected chi connectivity index (χ2v) is 4.63. The molecule has 0 aromatic heterocycles. The number of hydrogen-bond donors (Lipinski definition) is 0. The molecule has 0 unspecified atom stereocenters. The molecule has 0 aliphatic rings. The van der Waals surface area contributed by atoms with Gasteiger partial charge in [0, 0.05) is 4.47 Å². The molecule has 0 atom stereocenters.